The van der Waals surface area contributed by atoms with Crippen molar-refractivity contribution in [1.82, 2.24) is 10.2 Å². The van der Waals surface area contributed by atoms with Gasteiger partial charge in [-0.25, -0.2) is 0 Å². The fraction of sp³-hybridized carbons (Fsp3) is 0.611. The van der Waals surface area contributed by atoms with Crippen molar-refractivity contribution in [1.29, 1.82) is 0 Å². The summed E-state index contributed by atoms with van der Waals surface area (Å²) in [5.74, 6) is 1.64. The molecule has 0 aliphatic carbocycles. The second-order valence-electron chi connectivity index (χ2n) is 6.16. The van der Waals surface area contributed by atoms with Crippen LogP contribution in [-0.2, 0) is 0 Å². The Morgan fingerprint density at radius 3 is 2.42 bits per heavy atom. The first-order valence-corrected chi connectivity index (χ1v) is 8.72. The fourth-order valence-electron chi connectivity index (χ4n) is 2.86. The summed E-state index contributed by atoms with van der Waals surface area (Å²) in [4.78, 5) is 6.37. The Labute approximate surface area is 170 Å². The Bertz CT molecular complexity index is 532. The smallest absolute Gasteiger partial charge is 0.389 e. The number of aliphatic imine (C=N–C) groups is 1. The van der Waals surface area contributed by atoms with E-state index in [1.54, 1.807) is 7.05 Å². The number of piperidine rings is 1. The van der Waals surface area contributed by atoms with E-state index in [0.717, 1.165) is 37.6 Å². The first kappa shape index (κ1) is 22.9. The highest BCUT2D eigenvalue weighted by Gasteiger charge is 2.26. The average Bonchev–Trinajstić information content (AvgIpc) is 2.59. The lowest BCUT2D eigenvalue weighted by Gasteiger charge is -2.34. The van der Waals surface area contributed by atoms with Gasteiger partial charge in [0.15, 0.2) is 5.96 Å². The van der Waals surface area contributed by atoms with Crippen LogP contribution in [0.3, 0.4) is 0 Å². The molecule has 1 aromatic rings. The van der Waals surface area contributed by atoms with E-state index >= 15 is 0 Å². The molecular weight excluding hydrogens is 458 g/mol. The third-order valence-electron chi connectivity index (χ3n) is 4.17. The van der Waals surface area contributed by atoms with Crippen LogP contribution in [0.4, 0.5) is 13.2 Å². The number of rotatable bonds is 6. The van der Waals surface area contributed by atoms with Crippen molar-refractivity contribution >= 4 is 29.9 Å². The summed E-state index contributed by atoms with van der Waals surface area (Å²) in [5, 5.41) is 3.16. The molecule has 0 amide bonds. The van der Waals surface area contributed by atoms with Crippen LogP contribution >= 0.6 is 24.0 Å². The minimum Gasteiger partial charge on any atom is -0.490 e. The predicted octanol–water partition coefficient (Wildman–Crippen LogP) is 4.46. The molecule has 0 spiro atoms. The first-order chi connectivity index (χ1) is 12.0. The average molecular weight is 485 g/mol. The summed E-state index contributed by atoms with van der Waals surface area (Å²) in [6.45, 7) is 2.14. The van der Waals surface area contributed by atoms with Gasteiger partial charge >= 0.3 is 6.18 Å². The number of hydrogen-bond donors (Lipinski definition) is 1. The molecule has 1 heterocycles. The number of unbranched alkanes of at least 4 members (excludes halogenated alkanes) is 1. The van der Waals surface area contributed by atoms with Gasteiger partial charge in [-0.1, -0.05) is 18.2 Å². The maximum Gasteiger partial charge on any atom is 0.389 e. The molecule has 0 bridgehead atoms. The lowest BCUT2D eigenvalue weighted by molar-refractivity contribution is -0.135. The molecule has 0 atom stereocenters. The molecule has 1 saturated heterocycles. The van der Waals surface area contributed by atoms with E-state index in [0.29, 0.717) is 13.0 Å². The monoisotopic (exact) mass is 485 g/mol. The highest BCUT2D eigenvalue weighted by Crippen LogP contribution is 2.22. The minimum absolute atomic E-state index is 0. The van der Waals surface area contributed by atoms with E-state index in [4.69, 9.17) is 4.74 Å². The predicted molar refractivity (Wildman–Crippen MR) is 108 cm³/mol. The number of nitrogens with one attached hydrogen (secondary N) is 1. The van der Waals surface area contributed by atoms with Gasteiger partial charge in [-0.3, -0.25) is 4.99 Å². The van der Waals surface area contributed by atoms with Gasteiger partial charge in [-0.2, -0.15) is 13.2 Å². The summed E-state index contributed by atoms with van der Waals surface area (Å²) < 4.78 is 42.3. The molecule has 1 fully saturated rings. The molecule has 2 rings (SSSR count). The van der Waals surface area contributed by atoms with Crippen LogP contribution in [0, 0.1) is 0 Å². The molecule has 1 aliphatic heterocycles. The zero-order valence-electron chi connectivity index (χ0n) is 15.0. The van der Waals surface area contributed by atoms with E-state index < -0.39 is 12.6 Å². The maximum absolute atomic E-state index is 12.1. The van der Waals surface area contributed by atoms with Gasteiger partial charge in [-0.05, 0) is 25.0 Å². The van der Waals surface area contributed by atoms with Gasteiger partial charge < -0.3 is 15.0 Å². The number of ether oxygens (including phenoxy) is 1. The zero-order chi connectivity index (χ0) is 18.1. The van der Waals surface area contributed by atoms with Crippen LogP contribution in [0.2, 0.25) is 0 Å². The van der Waals surface area contributed by atoms with Gasteiger partial charge in [0.05, 0.1) is 0 Å². The number of guanidine groups is 1. The second-order valence-corrected chi connectivity index (χ2v) is 6.16. The number of benzene rings is 1. The molecular formula is C18H27F3IN3O. The summed E-state index contributed by atoms with van der Waals surface area (Å²) in [6.07, 6.45) is -2.21. The van der Waals surface area contributed by atoms with Crippen molar-refractivity contribution in [3.05, 3.63) is 30.3 Å². The van der Waals surface area contributed by atoms with Crippen molar-refractivity contribution < 1.29 is 17.9 Å². The number of halogens is 4. The van der Waals surface area contributed by atoms with Crippen molar-refractivity contribution in [3.63, 3.8) is 0 Å². The Morgan fingerprint density at radius 2 is 1.85 bits per heavy atom. The van der Waals surface area contributed by atoms with Crippen molar-refractivity contribution in [3.8, 4) is 5.75 Å². The van der Waals surface area contributed by atoms with Gasteiger partial charge in [0.25, 0.3) is 0 Å². The summed E-state index contributed by atoms with van der Waals surface area (Å²) >= 11 is 0. The molecule has 1 aliphatic rings. The number of likely N-dealkylation sites (tertiary alicyclic amines) is 1. The zero-order valence-corrected chi connectivity index (χ0v) is 17.3. The third-order valence-corrected chi connectivity index (χ3v) is 4.17. The molecule has 8 heteroatoms. The standard InChI is InChI=1S/C18H26F3N3O.HI/c1-22-17(23-12-6-5-11-18(19,20)21)24-13-9-16(10-14-24)25-15-7-3-2-4-8-15;/h2-4,7-8,16H,5-6,9-14H2,1H3,(H,22,23);1H. The lowest BCUT2D eigenvalue weighted by Crippen LogP contribution is -2.47. The van der Waals surface area contributed by atoms with Gasteiger partial charge in [0.1, 0.15) is 11.9 Å². The Hall–Kier alpha value is -1.19. The van der Waals surface area contributed by atoms with Crippen LogP contribution < -0.4 is 10.1 Å². The molecule has 1 aromatic carbocycles. The topological polar surface area (TPSA) is 36.9 Å². The summed E-state index contributed by atoms with van der Waals surface area (Å²) in [5.41, 5.74) is 0. The van der Waals surface area contributed by atoms with E-state index in [1.165, 1.54) is 0 Å². The molecule has 4 nitrogen and oxygen atoms in total. The van der Waals surface area contributed by atoms with Crippen LogP contribution in [0.15, 0.2) is 35.3 Å². The molecule has 0 aromatic heterocycles. The quantitative estimate of drug-likeness (QED) is 0.280. The highest BCUT2D eigenvalue weighted by atomic mass is 127. The van der Waals surface area contributed by atoms with Crippen LogP contribution in [-0.4, -0.2) is 49.8 Å². The van der Waals surface area contributed by atoms with Crippen LogP contribution in [0.25, 0.3) is 0 Å². The SMILES string of the molecule is CN=C(NCCCCC(F)(F)F)N1CCC(Oc2ccccc2)CC1.I. The van der Waals surface area contributed by atoms with Crippen LogP contribution in [0.1, 0.15) is 32.1 Å². The van der Waals surface area contributed by atoms with E-state index in [2.05, 4.69) is 15.2 Å². The Balaban J connectivity index is 0.00000338. The first-order valence-electron chi connectivity index (χ1n) is 8.72. The second kappa shape index (κ2) is 11.5. The molecule has 0 saturated carbocycles. The highest BCUT2D eigenvalue weighted by molar-refractivity contribution is 14.0. The van der Waals surface area contributed by atoms with Gasteiger partial charge in [0, 0.05) is 45.9 Å². The minimum atomic E-state index is -4.07. The van der Waals surface area contributed by atoms with Gasteiger partial charge in [-0.15, -0.1) is 24.0 Å². The lowest BCUT2D eigenvalue weighted by atomic mass is 10.1. The number of alkyl halides is 3. The number of hydrogen-bond acceptors (Lipinski definition) is 2. The summed E-state index contributed by atoms with van der Waals surface area (Å²) in [6, 6.07) is 9.77. The molecule has 1 N–H and O–H groups in total. The molecule has 26 heavy (non-hydrogen) atoms. The fourth-order valence-corrected chi connectivity index (χ4v) is 2.86. The van der Waals surface area contributed by atoms with Crippen molar-refractivity contribution in [2.75, 3.05) is 26.7 Å². The normalized spacial score (nSPS) is 16.2. The molecule has 0 unspecified atom stereocenters. The summed E-state index contributed by atoms with van der Waals surface area (Å²) in [7, 11) is 1.70. The molecule has 148 valence electrons. The van der Waals surface area contributed by atoms with Gasteiger partial charge in [0.2, 0.25) is 0 Å². The number of para-hydroxylation sites is 1. The van der Waals surface area contributed by atoms with Crippen molar-refractivity contribution in [2.24, 2.45) is 4.99 Å². The maximum atomic E-state index is 12.1. The van der Waals surface area contributed by atoms with Crippen molar-refractivity contribution in [2.45, 2.75) is 44.4 Å². The van der Waals surface area contributed by atoms with E-state index in [-0.39, 0.29) is 36.5 Å². The molecule has 0 radical (unpaired) electrons. The third kappa shape index (κ3) is 8.46. The van der Waals surface area contributed by atoms with Crippen LogP contribution in [0.5, 0.6) is 5.75 Å². The Kier molecular flexibility index (Phi) is 10.1. The largest absolute Gasteiger partial charge is 0.490 e. The van der Waals surface area contributed by atoms with E-state index in [1.807, 2.05) is 30.3 Å². The number of nitrogens with zero attached hydrogens (tertiary/aromatic N) is 2. The van der Waals surface area contributed by atoms with E-state index in [9.17, 15) is 13.2 Å². The Morgan fingerprint density at radius 1 is 1.19 bits per heavy atom.